The third kappa shape index (κ3) is 2.80. The van der Waals surface area contributed by atoms with E-state index in [1.165, 1.54) is 24.3 Å². The van der Waals surface area contributed by atoms with E-state index in [2.05, 4.69) is 14.8 Å². The molecule has 1 aliphatic rings. The number of hydrogen-bond acceptors (Lipinski definition) is 3. The second-order valence-electron chi connectivity index (χ2n) is 4.41. The van der Waals surface area contributed by atoms with Gasteiger partial charge in [-0.1, -0.05) is 11.6 Å². The molecule has 1 heterocycles. The van der Waals surface area contributed by atoms with Crippen LogP contribution in [0.5, 0.6) is 11.5 Å². The number of anilines is 1. The fraction of sp³-hybridized carbons (Fsp3) is 0.0714. The Morgan fingerprint density at radius 3 is 2.55 bits per heavy atom. The van der Waals surface area contributed by atoms with Crippen molar-refractivity contribution in [2.75, 3.05) is 5.32 Å². The molecule has 0 atom stereocenters. The molecule has 114 valence electrons. The van der Waals surface area contributed by atoms with Crippen molar-refractivity contribution >= 4 is 23.2 Å². The molecule has 3 rings (SSSR count). The van der Waals surface area contributed by atoms with E-state index in [4.69, 9.17) is 11.6 Å². The van der Waals surface area contributed by atoms with Crippen LogP contribution in [0.4, 0.5) is 18.9 Å². The van der Waals surface area contributed by atoms with Gasteiger partial charge in [-0.15, -0.1) is 8.78 Å². The van der Waals surface area contributed by atoms with Crippen LogP contribution in [-0.2, 0) is 0 Å². The van der Waals surface area contributed by atoms with E-state index in [0.29, 0.717) is 0 Å². The van der Waals surface area contributed by atoms with Crippen LogP contribution < -0.4 is 14.8 Å². The van der Waals surface area contributed by atoms with E-state index in [1.807, 2.05) is 0 Å². The Labute approximate surface area is 127 Å². The number of fused-ring (bicyclic) bond motifs is 1. The van der Waals surface area contributed by atoms with Crippen LogP contribution in [0.25, 0.3) is 0 Å². The minimum atomic E-state index is -3.73. The van der Waals surface area contributed by atoms with E-state index in [9.17, 15) is 18.0 Å². The van der Waals surface area contributed by atoms with Crippen molar-refractivity contribution in [2.45, 2.75) is 6.29 Å². The van der Waals surface area contributed by atoms with Crippen LogP contribution >= 0.6 is 11.6 Å². The lowest BCUT2D eigenvalue weighted by Crippen LogP contribution is -2.25. The van der Waals surface area contributed by atoms with Crippen molar-refractivity contribution in [2.24, 2.45) is 0 Å². The minimum absolute atomic E-state index is 0.0473. The second kappa shape index (κ2) is 5.10. The van der Waals surface area contributed by atoms with Crippen molar-refractivity contribution in [1.82, 2.24) is 0 Å². The largest absolute Gasteiger partial charge is 0.586 e. The second-order valence-corrected chi connectivity index (χ2v) is 4.81. The molecular formula is C14H7ClF3NO3. The Kier molecular flexibility index (Phi) is 3.37. The zero-order chi connectivity index (χ0) is 15.9. The molecule has 0 spiro atoms. The van der Waals surface area contributed by atoms with Gasteiger partial charge in [-0.2, -0.15) is 0 Å². The molecule has 8 heteroatoms. The van der Waals surface area contributed by atoms with Gasteiger partial charge in [-0.05, 0) is 30.3 Å². The fourth-order valence-corrected chi connectivity index (χ4v) is 2.15. The van der Waals surface area contributed by atoms with Crippen LogP contribution in [0.2, 0.25) is 5.02 Å². The Hall–Kier alpha value is -2.41. The average molecular weight is 330 g/mol. The summed E-state index contributed by atoms with van der Waals surface area (Å²) in [6, 6.07) is 7.08. The number of carbonyl (C=O) groups excluding carboxylic acids is 1. The van der Waals surface area contributed by atoms with Crippen molar-refractivity contribution < 1.29 is 27.4 Å². The van der Waals surface area contributed by atoms with E-state index in [0.717, 1.165) is 12.1 Å². The Balaban J connectivity index is 1.81. The summed E-state index contributed by atoms with van der Waals surface area (Å²) in [5, 5.41) is 2.38. The predicted octanol–water partition coefficient (Wildman–Crippen LogP) is 4.05. The van der Waals surface area contributed by atoms with Gasteiger partial charge in [0.1, 0.15) is 5.82 Å². The molecule has 0 saturated heterocycles. The molecule has 0 aliphatic carbocycles. The number of rotatable bonds is 2. The van der Waals surface area contributed by atoms with Gasteiger partial charge in [-0.3, -0.25) is 4.79 Å². The highest BCUT2D eigenvalue weighted by atomic mass is 35.5. The van der Waals surface area contributed by atoms with Crippen molar-refractivity contribution in [3.05, 3.63) is 52.8 Å². The monoisotopic (exact) mass is 329 g/mol. The molecule has 0 bridgehead atoms. The lowest BCUT2D eigenvalue weighted by molar-refractivity contribution is -0.286. The number of halogens is 4. The minimum Gasteiger partial charge on any atom is -0.395 e. The molecule has 1 amide bonds. The van der Waals surface area contributed by atoms with Crippen LogP contribution in [0, 0.1) is 5.82 Å². The molecule has 0 fully saturated rings. The normalized spacial score (nSPS) is 14.7. The zero-order valence-electron chi connectivity index (χ0n) is 10.7. The van der Waals surface area contributed by atoms with Crippen LogP contribution in [0.3, 0.4) is 0 Å². The molecule has 1 N–H and O–H groups in total. The van der Waals surface area contributed by atoms with Gasteiger partial charge in [0.05, 0.1) is 10.6 Å². The van der Waals surface area contributed by atoms with Gasteiger partial charge in [0, 0.05) is 11.8 Å². The molecule has 2 aromatic carbocycles. The first-order valence-electron chi connectivity index (χ1n) is 6.00. The SMILES string of the molecule is O=C(Nc1ccc2c(c1)OC(F)(F)O2)c1ccc(F)cc1Cl. The number of nitrogens with one attached hydrogen (secondary N) is 1. The van der Waals surface area contributed by atoms with E-state index >= 15 is 0 Å². The first-order chi connectivity index (χ1) is 10.3. The summed E-state index contributed by atoms with van der Waals surface area (Å²) in [5.41, 5.74) is 0.247. The van der Waals surface area contributed by atoms with Gasteiger partial charge in [0.25, 0.3) is 5.91 Å². The number of alkyl halides is 2. The van der Waals surface area contributed by atoms with Crippen molar-refractivity contribution in [1.29, 1.82) is 0 Å². The summed E-state index contributed by atoms with van der Waals surface area (Å²) in [4.78, 5) is 12.0. The Morgan fingerprint density at radius 2 is 1.82 bits per heavy atom. The highest BCUT2D eigenvalue weighted by Gasteiger charge is 2.43. The summed E-state index contributed by atoms with van der Waals surface area (Å²) in [5.74, 6) is -1.53. The molecule has 0 unspecified atom stereocenters. The highest BCUT2D eigenvalue weighted by molar-refractivity contribution is 6.34. The number of ether oxygens (including phenoxy) is 2. The molecule has 0 radical (unpaired) electrons. The maximum atomic E-state index is 12.9. The van der Waals surface area contributed by atoms with Gasteiger partial charge in [0.2, 0.25) is 0 Å². The molecule has 0 aromatic heterocycles. The maximum Gasteiger partial charge on any atom is 0.586 e. The summed E-state index contributed by atoms with van der Waals surface area (Å²) in [6.45, 7) is 0. The van der Waals surface area contributed by atoms with E-state index in [1.54, 1.807) is 0 Å². The highest BCUT2D eigenvalue weighted by Crippen LogP contribution is 2.42. The molecule has 4 nitrogen and oxygen atoms in total. The fourth-order valence-electron chi connectivity index (χ4n) is 1.90. The number of hydrogen-bond donors (Lipinski definition) is 1. The van der Waals surface area contributed by atoms with Crippen molar-refractivity contribution in [3.63, 3.8) is 0 Å². The van der Waals surface area contributed by atoms with Crippen molar-refractivity contribution in [3.8, 4) is 11.5 Å². The van der Waals surface area contributed by atoms with E-state index in [-0.39, 0.29) is 27.8 Å². The lowest BCUT2D eigenvalue weighted by atomic mass is 10.2. The lowest BCUT2D eigenvalue weighted by Gasteiger charge is -2.07. The molecule has 1 aliphatic heterocycles. The number of amides is 1. The first-order valence-corrected chi connectivity index (χ1v) is 6.38. The van der Waals surface area contributed by atoms with Gasteiger partial charge in [0.15, 0.2) is 11.5 Å². The zero-order valence-corrected chi connectivity index (χ0v) is 11.5. The average Bonchev–Trinajstić information content (AvgIpc) is 2.71. The van der Waals surface area contributed by atoms with E-state index < -0.39 is 18.0 Å². The Morgan fingerprint density at radius 1 is 1.09 bits per heavy atom. The molecule has 0 saturated carbocycles. The van der Waals surface area contributed by atoms with Crippen LogP contribution in [0.15, 0.2) is 36.4 Å². The smallest absolute Gasteiger partial charge is 0.395 e. The van der Waals surface area contributed by atoms with Gasteiger partial charge < -0.3 is 14.8 Å². The number of benzene rings is 2. The van der Waals surface area contributed by atoms with Gasteiger partial charge >= 0.3 is 6.29 Å². The third-order valence-corrected chi connectivity index (χ3v) is 3.15. The standard InChI is InChI=1S/C14H7ClF3NO3/c15-10-5-7(16)1-3-9(10)13(20)19-8-2-4-11-12(6-8)22-14(17,18)21-11/h1-6H,(H,19,20). The summed E-state index contributed by atoms with van der Waals surface area (Å²) >= 11 is 5.78. The molecule has 2 aromatic rings. The van der Waals surface area contributed by atoms with Crippen LogP contribution in [0.1, 0.15) is 10.4 Å². The Bertz CT molecular complexity index is 767. The topological polar surface area (TPSA) is 47.6 Å². The first kappa shape index (κ1) is 14.5. The summed E-state index contributed by atoms with van der Waals surface area (Å²) in [6.07, 6.45) is -3.73. The van der Waals surface area contributed by atoms with Crippen LogP contribution in [-0.4, -0.2) is 12.2 Å². The molecular weight excluding hydrogens is 323 g/mol. The van der Waals surface area contributed by atoms with Gasteiger partial charge in [-0.25, -0.2) is 4.39 Å². The quantitative estimate of drug-likeness (QED) is 0.904. The summed E-state index contributed by atoms with van der Waals surface area (Å²) in [7, 11) is 0. The number of carbonyl (C=O) groups is 1. The summed E-state index contributed by atoms with van der Waals surface area (Å²) < 4.78 is 47.3. The molecule has 22 heavy (non-hydrogen) atoms. The third-order valence-electron chi connectivity index (χ3n) is 2.83. The maximum absolute atomic E-state index is 12.9. The predicted molar refractivity (Wildman–Crippen MR) is 72.0 cm³/mol.